The number of aromatic nitrogens is 1. The Morgan fingerprint density at radius 1 is 0.981 bits per heavy atom. The minimum absolute atomic E-state index is 0.0580. The highest BCUT2D eigenvalue weighted by Gasteiger charge is 2.39. The number of allylic oxidation sites excluding steroid dienone is 12. The van der Waals surface area contributed by atoms with E-state index in [1.165, 1.54) is 49.3 Å². The Hall–Kier alpha value is -3.60. The Morgan fingerprint density at radius 3 is 2.37 bits per heavy atom. The van der Waals surface area contributed by atoms with Crippen LogP contribution in [0.1, 0.15) is 140 Å². The van der Waals surface area contributed by atoms with E-state index in [0.29, 0.717) is 23.5 Å². The van der Waals surface area contributed by atoms with Crippen LogP contribution in [0.25, 0.3) is 11.1 Å². The highest BCUT2D eigenvalue weighted by molar-refractivity contribution is 5.85. The van der Waals surface area contributed by atoms with Gasteiger partial charge < -0.3 is 5.32 Å². The fourth-order valence-corrected chi connectivity index (χ4v) is 7.72. The van der Waals surface area contributed by atoms with Crippen LogP contribution < -0.4 is 5.32 Å². The number of rotatable bonds is 15. The van der Waals surface area contributed by atoms with Crippen LogP contribution in [0.15, 0.2) is 102 Å². The summed E-state index contributed by atoms with van der Waals surface area (Å²) >= 11 is 0. The summed E-state index contributed by atoms with van der Waals surface area (Å²) in [6.45, 7) is 13.3. The minimum Gasteiger partial charge on any atom is -0.388 e. The van der Waals surface area contributed by atoms with E-state index in [4.69, 9.17) is 0 Å². The van der Waals surface area contributed by atoms with E-state index >= 15 is 0 Å². The molecular weight excluding hydrogens is 650 g/mol. The minimum atomic E-state index is -4.45. The van der Waals surface area contributed by atoms with Gasteiger partial charge in [-0.05, 0) is 121 Å². The summed E-state index contributed by atoms with van der Waals surface area (Å²) in [5.41, 5.74) is 7.79. The molecular formula is C47H62F3N2. The molecule has 0 bridgehead atoms. The fourth-order valence-electron chi connectivity index (χ4n) is 7.72. The zero-order chi connectivity index (χ0) is 37.5. The maximum Gasteiger partial charge on any atom is 0.417 e. The Bertz CT molecular complexity index is 1620. The first-order valence-electron chi connectivity index (χ1n) is 20.0. The van der Waals surface area contributed by atoms with Crippen LogP contribution in [-0.2, 0) is 6.42 Å². The average molecular weight is 712 g/mol. The number of hydrogen-bond acceptors (Lipinski definition) is 2. The molecule has 0 saturated heterocycles. The number of benzene rings is 1. The van der Waals surface area contributed by atoms with E-state index in [2.05, 4.69) is 54.5 Å². The van der Waals surface area contributed by atoms with E-state index in [-0.39, 0.29) is 5.92 Å². The van der Waals surface area contributed by atoms with Gasteiger partial charge in [0, 0.05) is 37.0 Å². The molecule has 3 aliphatic carbocycles. The third kappa shape index (κ3) is 11.4. The predicted molar refractivity (Wildman–Crippen MR) is 216 cm³/mol. The number of nitrogens with one attached hydrogen (secondary N) is 1. The van der Waals surface area contributed by atoms with Gasteiger partial charge in [-0.3, -0.25) is 4.98 Å². The Kier molecular flexibility index (Phi) is 16.3. The second kappa shape index (κ2) is 20.6. The van der Waals surface area contributed by atoms with Crippen molar-refractivity contribution in [1.82, 2.24) is 10.3 Å². The predicted octanol–water partition coefficient (Wildman–Crippen LogP) is 13.9. The monoisotopic (exact) mass is 711 g/mol. The second-order valence-corrected chi connectivity index (χ2v) is 14.6. The van der Waals surface area contributed by atoms with Gasteiger partial charge >= 0.3 is 6.18 Å². The van der Waals surface area contributed by atoms with E-state index in [1.54, 1.807) is 0 Å². The number of hydrogen-bond donors (Lipinski definition) is 1. The van der Waals surface area contributed by atoms with Gasteiger partial charge in [-0.2, -0.15) is 13.2 Å². The maximum absolute atomic E-state index is 14.8. The highest BCUT2D eigenvalue weighted by atomic mass is 19.4. The molecule has 3 atom stereocenters. The van der Waals surface area contributed by atoms with Gasteiger partial charge in [0.05, 0.1) is 5.57 Å². The molecule has 0 spiro atoms. The third-order valence-electron chi connectivity index (χ3n) is 10.9. The number of unbranched alkanes of at least 4 members (excludes halogenated alkanes) is 3. The molecule has 2 nitrogen and oxygen atoms in total. The van der Waals surface area contributed by atoms with Crippen LogP contribution in [-0.4, -0.2) is 17.7 Å². The topological polar surface area (TPSA) is 24.9 Å². The molecule has 1 aromatic carbocycles. The fraction of sp³-hybridized carbons (Fsp3) is 0.489. The molecule has 1 radical (unpaired) electrons. The average Bonchev–Trinajstić information content (AvgIpc) is 3.12. The molecule has 3 aliphatic rings. The molecule has 1 N–H and O–H groups in total. The maximum atomic E-state index is 14.8. The lowest BCUT2D eigenvalue weighted by molar-refractivity contribution is -0.0690. The van der Waals surface area contributed by atoms with Crippen molar-refractivity contribution in [2.24, 2.45) is 11.8 Å². The van der Waals surface area contributed by atoms with E-state index in [1.807, 2.05) is 76.9 Å². The van der Waals surface area contributed by atoms with Gasteiger partial charge in [0.2, 0.25) is 0 Å². The lowest BCUT2D eigenvalue weighted by atomic mass is 9.79. The molecule has 5 heteroatoms. The van der Waals surface area contributed by atoms with Crippen LogP contribution in [0.3, 0.4) is 0 Å². The summed E-state index contributed by atoms with van der Waals surface area (Å²) < 4.78 is 44.4. The summed E-state index contributed by atoms with van der Waals surface area (Å²) in [5, 5.41) is 3.62. The standard InChI is InChI=1S/C45H56F3N2.C2H6/c1-5-43(34(4)40-19-12-18-39-23-20-33(3)41(38-16-11-17-38)31-42(44(39)40)45(46,47)48)50-28-9-7-6-8-13-32(2)14-10-15-35-21-24-36(25-22-35)37-26-29-49-30-27-37;1-2/h11-12,16-19,21-22,24,26-27,29-33,36,50H,5-10,13-15,20,23,25,28H2,1-4H3;1-2H3/b42-31+,43-34-;/t32?,33-,36?;/m0./s1. The number of alkyl halides is 3. The van der Waals surface area contributed by atoms with E-state index < -0.39 is 11.7 Å². The number of nitrogens with zero attached hydrogens (tertiary/aromatic N) is 1. The number of fused-ring (bicyclic) bond motifs is 1. The molecule has 0 saturated carbocycles. The zero-order valence-electron chi connectivity index (χ0n) is 32.6. The molecule has 1 heterocycles. The largest absolute Gasteiger partial charge is 0.417 e. The zero-order valence-corrected chi connectivity index (χ0v) is 32.6. The number of pyridine rings is 1. The van der Waals surface area contributed by atoms with Crippen molar-refractivity contribution in [2.75, 3.05) is 6.54 Å². The summed E-state index contributed by atoms with van der Waals surface area (Å²) in [5.74, 6) is 1.27. The third-order valence-corrected chi connectivity index (χ3v) is 10.9. The Morgan fingerprint density at radius 2 is 1.71 bits per heavy atom. The van der Waals surface area contributed by atoms with Crippen LogP contribution in [0.5, 0.6) is 0 Å². The smallest absolute Gasteiger partial charge is 0.388 e. The molecule has 5 rings (SSSR count). The molecule has 0 amide bonds. The van der Waals surface area contributed by atoms with E-state index in [9.17, 15) is 13.2 Å². The van der Waals surface area contributed by atoms with Crippen molar-refractivity contribution >= 4 is 11.1 Å². The van der Waals surface area contributed by atoms with Gasteiger partial charge in [0.1, 0.15) is 0 Å². The van der Waals surface area contributed by atoms with Crippen molar-refractivity contribution in [3.8, 4) is 0 Å². The molecule has 1 aromatic heterocycles. The molecule has 0 aliphatic heterocycles. The van der Waals surface area contributed by atoms with Crippen LogP contribution in [0.4, 0.5) is 13.2 Å². The van der Waals surface area contributed by atoms with Crippen LogP contribution in [0.2, 0.25) is 0 Å². The SMILES string of the molecule is CC.CC/C(NCCCCCCC(C)CCCC1=CCC(c2ccncc2)C=C1)=C(\C)c1cccc2c1/C(C(F)(F)F)=C\C(=C1\[CH]C=C1)[C@@H](C)CC2. The van der Waals surface area contributed by atoms with Crippen LogP contribution >= 0.6 is 0 Å². The molecule has 281 valence electrons. The Labute approximate surface area is 313 Å². The summed E-state index contributed by atoms with van der Waals surface area (Å²) in [6, 6.07) is 9.92. The van der Waals surface area contributed by atoms with Crippen molar-refractivity contribution < 1.29 is 13.2 Å². The van der Waals surface area contributed by atoms with Gasteiger partial charge in [0.25, 0.3) is 0 Å². The molecule has 2 unspecified atom stereocenters. The first-order valence-corrected chi connectivity index (χ1v) is 20.0. The quantitative estimate of drug-likeness (QED) is 0.186. The second-order valence-electron chi connectivity index (χ2n) is 14.6. The Balaban J connectivity index is 0.00000297. The molecule has 52 heavy (non-hydrogen) atoms. The van der Waals surface area contributed by atoms with E-state index in [0.717, 1.165) is 79.0 Å². The first kappa shape index (κ1) is 41.2. The van der Waals surface area contributed by atoms with Gasteiger partial charge in [0.15, 0.2) is 0 Å². The lowest BCUT2D eigenvalue weighted by Gasteiger charge is -2.28. The number of aryl methyl sites for hydroxylation is 1. The van der Waals surface area contributed by atoms with Crippen LogP contribution in [0, 0.1) is 18.3 Å². The highest BCUT2D eigenvalue weighted by Crippen LogP contribution is 2.44. The summed E-state index contributed by atoms with van der Waals surface area (Å²) in [4.78, 5) is 4.13. The first-order chi connectivity index (χ1) is 25.2. The van der Waals surface area contributed by atoms with Crippen molar-refractivity contribution in [3.63, 3.8) is 0 Å². The van der Waals surface area contributed by atoms with Gasteiger partial charge in [-0.25, -0.2) is 0 Å². The number of halogens is 3. The summed E-state index contributed by atoms with van der Waals surface area (Å²) in [7, 11) is 0. The molecule has 0 fully saturated rings. The van der Waals surface area contributed by atoms with Crippen molar-refractivity contribution in [1.29, 1.82) is 0 Å². The van der Waals surface area contributed by atoms with Crippen molar-refractivity contribution in [2.45, 2.75) is 131 Å². The van der Waals surface area contributed by atoms with Gasteiger partial charge in [-0.1, -0.05) is 121 Å². The van der Waals surface area contributed by atoms with Crippen molar-refractivity contribution in [3.05, 3.63) is 130 Å². The summed E-state index contributed by atoms with van der Waals surface area (Å²) in [6.07, 6.45) is 26.5. The molecule has 2 aromatic rings. The normalized spacial score (nSPS) is 21.9. The van der Waals surface area contributed by atoms with Gasteiger partial charge in [-0.15, -0.1) is 0 Å². The lowest BCUT2D eigenvalue weighted by Crippen LogP contribution is -2.20.